The molecule has 27 heavy (non-hydrogen) atoms. The standard InChI is InChI=1S/C20H15ClN2O4/c21-15-4-2-1-3-12(15)8-23-9-14-5-13-6-17-18(27-11-26-17)7-16(13)22-20(14)25-10-19(23)24/h1-7H,8-11H2. The van der Waals surface area contributed by atoms with Crippen molar-refractivity contribution in [3.05, 3.63) is 58.6 Å². The van der Waals surface area contributed by atoms with Gasteiger partial charge < -0.3 is 19.1 Å². The zero-order chi connectivity index (χ0) is 18.4. The number of hydrogen-bond acceptors (Lipinski definition) is 5. The fraction of sp³-hybridized carbons (Fsp3) is 0.200. The smallest absolute Gasteiger partial charge is 0.261 e. The molecule has 2 aromatic carbocycles. The zero-order valence-corrected chi connectivity index (χ0v) is 15.0. The maximum absolute atomic E-state index is 12.5. The van der Waals surface area contributed by atoms with E-state index in [1.807, 2.05) is 42.5 Å². The summed E-state index contributed by atoms with van der Waals surface area (Å²) in [6.45, 7) is 0.972. The van der Waals surface area contributed by atoms with Crippen LogP contribution in [0.5, 0.6) is 17.4 Å². The minimum Gasteiger partial charge on any atom is -0.467 e. The highest BCUT2D eigenvalue weighted by Gasteiger charge is 2.24. The van der Waals surface area contributed by atoms with E-state index >= 15 is 0 Å². The highest BCUT2D eigenvalue weighted by Crippen LogP contribution is 2.37. The molecule has 1 aromatic heterocycles. The number of ether oxygens (including phenoxy) is 3. The summed E-state index contributed by atoms with van der Waals surface area (Å²) < 4.78 is 16.5. The monoisotopic (exact) mass is 382 g/mol. The summed E-state index contributed by atoms with van der Waals surface area (Å²) in [4.78, 5) is 18.9. The van der Waals surface area contributed by atoms with Gasteiger partial charge in [0.1, 0.15) is 0 Å². The van der Waals surface area contributed by atoms with Crippen LogP contribution in [0.25, 0.3) is 10.9 Å². The number of benzene rings is 2. The zero-order valence-electron chi connectivity index (χ0n) is 14.3. The topological polar surface area (TPSA) is 60.9 Å². The average Bonchev–Trinajstić information content (AvgIpc) is 3.06. The van der Waals surface area contributed by atoms with Crippen LogP contribution < -0.4 is 14.2 Å². The maximum atomic E-state index is 12.5. The van der Waals surface area contributed by atoms with E-state index in [-0.39, 0.29) is 19.3 Å². The second kappa shape index (κ2) is 6.32. The third-order valence-corrected chi connectivity index (χ3v) is 5.08. The van der Waals surface area contributed by atoms with Gasteiger partial charge in [-0.3, -0.25) is 4.79 Å². The molecule has 0 radical (unpaired) electrons. The van der Waals surface area contributed by atoms with Gasteiger partial charge in [-0.05, 0) is 23.8 Å². The number of aromatic nitrogens is 1. The third-order valence-electron chi connectivity index (χ3n) is 4.71. The number of amides is 1. The lowest BCUT2D eigenvalue weighted by Crippen LogP contribution is -2.31. The van der Waals surface area contributed by atoms with Gasteiger partial charge in [-0.25, -0.2) is 4.98 Å². The lowest BCUT2D eigenvalue weighted by atomic mass is 10.1. The minimum absolute atomic E-state index is 0.0550. The molecule has 6 nitrogen and oxygen atoms in total. The van der Waals surface area contributed by atoms with Crippen molar-refractivity contribution in [3.8, 4) is 17.4 Å². The molecule has 0 atom stereocenters. The van der Waals surface area contributed by atoms with E-state index < -0.39 is 0 Å². The summed E-state index contributed by atoms with van der Waals surface area (Å²) in [5.74, 6) is 1.73. The molecule has 2 aliphatic heterocycles. The first-order valence-electron chi connectivity index (χ1n) is 8.54. The Labute approximate surface area is 160 Å². The summed E-state index contributed by atoms with van der Waals surface area (Å²) in [5, 5.41) is 1.55. The Morgan fingerprint density at radius 3 is 2.74 bits per heavy atom. The molecule has 0 saturated carbocycles. The molecule has 136 valence electrons. The van der Waals surface area contributed by atoms with Crippen LogP contribution >= 0.6 is 11.6 Å². The van der Waals surface area contributed by atoms with Crippen LogP contribution in [-0.2, 0) is 17.9 Å². The Kier molecular flexibility index (Phi) is 3.79. The van der Waals surface area contributed by atoms with Crippen LogP contribution in [-0.4, -0.2) is 29.2 Å². The van der Waals surface area contributed by atoms with E-state index in [4.69, 9.17) is 25.8 Å². The molecule has 0 bridgehead atoms. The molecule has 3 heterocycles. The Bertz CT molecular complexity index is 1070. The molecule has 3 aromatic rings. The molecule has 2 aliphatic rings. The predicted molar refractivity (Wildman–Crippen MR) is 99.1 cm³/mol. The quantitative estimate of drug-likeness (QED) is 0.678. The fourth-order valence-corrected chi connectivity index (χ4v) is 3.52. The van der Waals surface area contributed by atoms with E-state index in [2.05, 4.69) is 4.98 Å². The second-order valence-electron chi connectivity index (χ2n) is 6.48. The second-order valence-corrected chi connectivity index (χ2v) is 6.89. The normalized spacial score (nSPS) is 15.4. The molecule has 7 heteroatoms. The van der Waals surface area contributed by atoms with Crippen molar-refractivity contribution in [2.75, 3.05) is 13.4 Å². The lowest BCUT2D eigenvalue weighted by molar-refractivity contribution is -0.133. The summed E-state index contributed by atoms with van der Waals surface area (Å²) >= 11 is 6.26. The van der Waals surface area contributed by atoms with Crippen LogP contribution in [0.4, 0.5) is 0 Å². The van der Waals surface area contributed by atoms with Crippen molar-refractivity contribution in [2.24, 2.45) is 0 Å². The van der Waals surface area contributed by atoms with Gasteiger partial charge in [0.25, 0.3) is 5.91 Å². The number of nitrogens with zero attached hydrogens (tertiary/aromatic N) is 2. The fourth-order valence-electron chi connectivity index (χ4n) is 3.32. The molecule has 0 fully saturated rings. The van der Waals surface area contributed by atoms with E-state index in [1.165, 1.54) is 0 Å². The Balaban J connectivity index is 1.51. The maximum Gasteiger partial charge on any atom is 0.261 e. The van der Waals surface area contributed by atoms with Gasteiger partial charge in [0, 0.05) is 28.6 Å². The molecule has 5 rings (SSSR count). The molecule has 0 unspecified atom stereocenters. The van der Waals surface area contributed by atoms with E-state index in [1.54, 1.807) is 4.90 Å². The van der Waals surface area contributed by atoms with Gasteiger partial charge in [-0.1, -0.05) is 29.8 Å². The lowest BCUT2D eigenvalue weighted by Gasteiger charge is -2.20. The number of rotatable bonds is 2. The van der Waals surface area contributed by atoms with Crippen molar-refractivity contribution >= 4 is 28.4 Å². The largest absolute Gasteiger partial charge is 0.467 e. The predicted octanol–water partition coefficient (Wildman–Crippen LogP) is 3.54. The summed E-state index contributed by atoms with van der Waals surface area (Å²) in [6, 6.07) is 13.2. The summed E-state index contributed by atoms with van der Waals surface area (Å²) in [6.07, 6.45) is 0. The number of hydrogen-bond donors (Lipinski definition) is 0. The van der Waals surface area contributed by atoms with Crippen LogP contribution in [0.15, 0.2) is 42.5 Å². The van der Waals surface area contributed by atoms with E-state index in [9.17, 15) is 4.79 Å². The van der Waals surface area contributed by atoms with E-state index in [0.717, 1.165) is 22.0 Å². The number of halogens is 1. The molecule has 0 aliphatic carbocycles. The Morgan fingerprint density at radius 2 is 1.89 bits per heavy atom. The van der Waals surface area contributed by atoms with Crippen molar-refractivity contribution in [2.45, 2.75) is 13.1 Å². The van der Waals surface area contributed by atoms with E-state index in [0.29, 0.717) is 35.5 Å². The number of fused-ring (bicyclic) bond motifs is 3. The number of carbonyl (C=O) groups is 1. The van der Waals surface area contributed by atoms with Gasteiger partial charge in [0.15, 0.2) is 18.1 Å². The molecular formula is C20H15ClN2O4. The van der Waals surface area contributed by atoms with Gasteiger partial charge in [0.05, 0.1) is 12.1 Å². The molecular weight excluding hydrogens is 368 g/mol. The molecule has 0 saturated heterocycles. The van der Waals surface area contributed by atoms with Crippen LogP contribution in [0, 0.1) is 0 Å². The van der Waals surface area contributed by atoms with Crippen molar-refractivity contribution in [3.63, 3.8) is 0 Å². The van der Waals surface area contributed by atoms with Crippen LogP contribution in [0.2, 0.25) is 5.02 Å². The Hall–Kier alpha value is -2.99. The van der Waals surface area contributed by atoms with Gasteiger partial charge >= 0.3 is 0 Å². The van der Waals surface area contributed by atoms with Crippen LogP contribution in [0.3, 0.4) is 0 Å². The van der Waals surface area contributed by atoms with Gasteiger partial charge in [0.2, 0.25) is 12.7 Å². The average molecular weight is 383 g/mol. The first kappa shape index (κ1) is 16.2. The van der Waals surface area contributed by atoms with Crippen molar-refractivity contribution < 1.29 is 19.0 Å². The molecule has 0 N–H and O–H groups in total. The molecule has 0 spiro atoms. The summed E-state index contributed by atoms with van der Waals surface area (Å²) in [5.41, 5.74) is 2.48. The highest BCUT2D eigenvalue weighted by atomic mass is 35.5. The SMILES string of the molecule is O=C1COc2nc3cc4c(cc3cc2CN1Cc1ccccc1Cl)OCO4. The minimum atomic E-state index is -0.105. The number of carbonyl (C=O) groups excluding carboxylic acids is 1. The first-order valence-corrected chi connectivity index (χ1v) is 8.92. The van der Waals surface area contributed by atoms with Crippen LogP contribution in [0.1, 0.15) is 11.1 Å². The van der Waals surface area contributed by atoms with Gasteiger partial charge in [-0.15, -0.1) is 0 Å². The third kappa shape index (κ3) is 2.92. The Morgan fingerprint density at radius 1 is 1.07 bits per heavy atom. The number of pyridine rings is 1. The first-order chi connectivity index (χ1) is 13.2. The highest BCUT2D eigenvalue weighted by molar-refractivity contribution is 6.31. The van der Waals surface area contributed by atoms with Crippen molar-refractivity contribution in [1.82, 2.24) is 9.88 Å². The summed E-state index contributed by atoms with van der Waals surface area (Å²) in [7, 11) is 0. The molecule has 1 amide bonds. The van der Waals surface area contributed by atoms with Crippen molar-refractivity contribution in [1.29, 1.82) is 0 Å². The van der Waals surface area contributed by atoms with Gasteiger partial charge in [-0.2, -0.15) is 0 Å².